The van der Waals surface area contributed by atoms with E-state index in [9.17, 15) is 12.8 Å². The molecule has 0 atom stereocenters. The molecular formula is C16H15FN2O2S. The van der Waals surface area contributed by atoms with E-state index in [1.807, 2.05) is 12.1 Å². The van der Waals surface area contributed by atoms with Gasteiger partial charge in [-0.15, -0.1) is 0 Å². The minimum Gasteiger partial charge on any atom is -0.349 e. The molecule has 3 rings (SSSR count). The second-order valence-corrected chi connectivity index (χ2v) is 6.98. The normalized spacial score (nSPS) is 11.8. The summed E-state index contributed by atoms with van der Waals surface area (Å²) >= 11 is 0. The maximum absolute atomic E-state index is 13.9. The fraction of sp³-hybridized carbons (Fsp3) is 0.125. The molecule has 0 aliphatic carbocycles. The molecule has 0 aliphatic heterocycles. The highest BCUT2D eigenvalue weighted by Gasteiger charge is 2.26. The Bertz CT molecular complexity index is 948. The minimum atomic E-state index is -3.85. The number of anilines is 1. The Morgan fingerprint density at radius 1 is 1.05 bits per heavy atom. The second-order valence-electron chi connectivity index (χ2n) is 5.05. The number of rotatable bonds is 3. The molecule has 6 heteroatoms. The zero-order chi connectivity index (χ0) is 15.9. The van der Waals surface area contributed by atoms with E-state index in [1.165, 1.54) is 25.2 Å². The topological polar surface area (TPSA) is 42.3 Å². The van der Waals surface area contributed by atoms with Crippen LogP contribution in [0.1, 0.15) is 0 Å². The minimum absolute atomic E-state index is 0.0236. The highest BCUT2D eigenvalue weighted by atomic mass is 32.2. The number of nitrogens with zero attached hydrogens (tertiary/aromatic N) is 2. The largest absolute Gasteiger partial charge is 0.349 e. The van der Waals surface area contributed by atoms with Crippen molar-refractivity contribution >= 4 is 26.6 Å². The summed E-state index contributed by atoms with van der Waals surface area (Å²) in [6.07, 6.45) is 1.55. The molecule has 1 heterocycles. The van der Waals surface area contributed by atoms with Crippen molar-refractivity contribution in [3.8, 4) is 0 Å². The van der Waals surface area contributed by atoms with E-state index in [-0.39, 0.29) is 10.6 Å². The van der Waals surface area contributed by atoms with Gasteiger partial charge in [-0.25, -0.2) is 12.8 Å². The molecule has 0 fully saturated rings. The van der Waals surface area contributed by atoms with Gasteiger partial charge in [0.25, 0.3) is 10.0 Å². The highest BCUT2D eigenvalue weighted by Crippen LogP contribution is 2.30. The quantitative estimate of drug-likeness (QED) is 0.744. The van der Waals surface area contributed by atoms with Crippen LogP contribution in [0.5, 0.6) is 0 Å². The van der Waals surface area contributed by atoms with Crippen molar-refractivity contribution in [2.75, 3.05) is 11.4 Å². The van der Waals surface area contributed by atoms with E-state index >= 15 is 0 Å². The van der Waals surface area contributed by atoms with Gasteiger partial charge in [0.15, 0.2) is 0 Å². The zero-order valence-electron chi connectivity index (χ0n) is 12.2. The van der Waals surface area contributed by atoms with Crippen LogP contribution in [-0.4, -0.2) is 20.0 Å². The number of benzene rings is 2. The van der Waals surface area contributed by atoms with Crippen molar-refractivity contribution < 1.29 is 12.8 Å². The zero-order valence-corrected chi connectivity index (χ0v) is 13.0. The number of fused-ring (bicyclic) bond motifs is 1. The predicted octanol–water partition coefficient (Wildman–Crippen LogP) is 3.14. The van der Waals surface area contributed by atoms with E-state index in [4.69, 9.17) is 0 Å². The van der Waals surface area contributed by atoms with Gasteiger partial charge in [0, 0.05) is 31.2 Å². The summed E-state index contributed by atoms with van der Waals surface area (Å²) in [5.74, 6) is -0.575. The molecule has 0 unspecified atom stereocenters. The van der Waals surface area contributed by atoms with Crippen molar-refractivity contribution in [3.63, 3.8) is 0 Å². The summed E-state index contributed by atoms with van der Waals surface area (Å²) in [5.41, 5.74) is 0.832. The number of para-hydroxylation sites is 2. The molecule has 1 aromatic heterocycles. The molecule has 0 saturated heterocycles. The van der Waals surface area contributed by atoms with Crippen LogP contribution in [0.3, 0.4) is 0 Å². The van der Waals surface area contributed by atoms with Crippen LogP contribution >= 0.6 is 0 Å². The van der Waals surface area contributed by atoms with E-state index in [0.717, 1.165) is 9.82 Å². The molecule has 0 spiro atoms. The van der Waals surface area contributed by atoms with E-state index in [2.05, 4.69) is 0 Å². The SMILES string of the molecule is CN(c1ccccc1F)S(=O)(=O)c1cn(C)c2ccccc12. The third-order valence-electron chi connectivity index (χ3n) is 3.69. The van der Waals surface area contributed by atoms with Crippen LogP contribution in [0.4, 0.5) is 10.1 Å². The van der Waals surface area contributed by atoms with Crippen LogP contribution in [0.15, 0.2) is 59.6 Å². The van der Waals surface area contributed by atoms with E-state index in [0.29, 0.717) is 5.39 Å². The average Bonchev–Trinajstić information content (AvgIpc) is 2.85. The second kappa shape index (κ2) is 5.14. The lowest BCUT2D eigenvalue weighted by atomic mass is 10.2. The molecule has 0 amide bonds. The Morgan fingerprint density at radius 2 is 1.68 bits per heavy atom. The first-order valence-corrected chi connectivity index (χ1v) is 8.14. The van der Waals surface area contributed by atoms with Gasteiger partial charge in [-0.3, -0.25) is 4.31 Å². The van der Waals surface area contributed by atoms with Crippen LogP contribution in [0.25, 0.3) is 10.9 Å². The lowest BCUT2D eigenvalue weighted by Crippen LogP contribution is -2.27. The van der Waals surface area contributed by atoms with Crippen molar-refractivity contribution in [1.82, 2.24) is 4.57 Å². The molecular weight excluding hydrogens is 303 g/mol. The molecule has 0 saturated carbocycles. The molecule has 4 nitrogen and oxygen atoms in total. The van der Waals surface area contributed by atoms with Gasteiger partial charge >= 0.3 is 0 Å². The number of aromatic nitrogens is 1. The van der Waals surface area contributed by atoms with Gasteiger partial charge in [0.1, 0.15) is 10.7 Å². The Hall–Kier alpha value is -2.34. The molecule has 0 N–H and O–H groups in total. The lowest BCUT2D eigenvalue weighted by Gasteiger charge is -2.19. The molecule has 22 heavy (non-hydrogen) atoms. The summed E-state index contributed by atoms with van der Waals surface area (Å²) in [5, 5.41) is 0.619. The smallest absolute Gasteiger partial charge is 0.266 e. The van der Waals surface area contributed by atoms with Gasteiger partial charge in [0.2, 0.25) is 0 Å². The molecule has 114 valence electrons. The van der Waals surface area contributed by atoms with Gasteiger partial charge < -0.3 is 4.57 Å². The van der Waals surface area contributed by atoms with Crippen LogP contribution in [0.2, 0.25) is 0 Å². The third kappa shape index (κ3) is 2.16. The highest BCUT2D eigenvalue weighted by molar-refractivity contribution is 7.93. The monoisotopic (exact) mass is 318 g/mol. The standard InChI is InChI=1S/C16H15FN2O2S/c1-18-11-16(12-7-3-5-9-14(12)18)22(20,21)19(2)15-10-6-4-8-13(15)17/h3-11H,1-2H3. The number of hydrogen-bond donors (Lipinski definition) is 0. The Morgan fingerprint density at radius 3 is 2.41 bits per heavy atom. The summed E-state index contributed by atoms with van der Waals surface area (Å²) < 4.78 is 42.3. The van der Waals surface area contributed by atoms with Crippen molar-refractivity contribution in [2.24, 2.45) is 7.05 Å². The Kier molecular flexibility index (Phi) is 3.41. The maximum Gasteiger partial charge on any atom is 0.266 e. The van der Waals surface area contributed by atoms with Crippen molar-refractivity contribution in [3.05, 3.63) is 60.5 Å². The van der Waals surface area contributed by atoms with Gasteiger partial charge in [-0.05, 0) is 18.2 Å². The summed E-state index contributed by atoms with van der Waals surface area (Å²) in [4.78, 5) is 0.163. The number of hydrogen-bond acceptors (Lipinski definition) is 2. The molecule has 0 aliphatic rings. The van der Waals surface area contributed by atoms with Crippen molar-refractivity contribution in [1.29, 1.82) is 0 Å². The summed E-state index contributed by atoms with van der Waals surface area (Å²) in [6.45, 7) is 0. The lowest BCUT2D eigenvalue weighted by molar-refractivity contribution is 0.590. The van der Waals surface area contributed by atoms with Crippen LogP contribution in [0, 0.1) is 5.82 Å². The maximum atomic E-state index is 13.9. The fourth-order valence-electron chi connectivity index (χ4n) is 2.49. The molecule has 2 aromatic carbocycles. The summed E-state index contributed by atoms with van der Waals surface area (Å²) in [7, 11) is -0.709. The molecule has 0 bridgehead atoms. The first kappa shape index (κ1) is 14.6. The number of halogens is 1. The van der Waals surface area contributed by atoms with Crippen LogP contribution < -0.4 is 4.31 Å². The van der Waals surface area contributed by atoms with E-state index < -0.39 is 15.8 Å². The predicted molar refractivity (Wildman–Crippen MR) is 84.9 cm³/mol. The Labute approximate surface area is 128 Å². The fourth-order valence-corrected chi connectivity index (χ4v) is 3.94. The molecule has 0 radical (unpaired) electrons. The van der Waals surface area contributed by atoms with E-state index in [1.54, 1.807) is 36.0 Å². The third-order valence-corrected chi connectivity index (χ3v) is 5.49. The number of sulfonamides is 1. The van der Waals surface area contributed by atoms with Gasteiger partial charge in [-0.1, -0.05) is 30.3 Å². The van der Waals surface area contributed by atoms with Gasteiger partial charge in [-0.2, -0.15) is 0 Å². The van der Waals surface area contributed by atoms with Crippen molar-refractivity contribution in [2.45, 2.75) is 4.90 Å². The van der Waals surface area contributed by atoms with Crippen LogP contribution in [-0.2, 0) is 17.1 Å². The average molecular weight is 318 g/mol. The van der Waals surface area contributed by atoms with Gasteiger partial charge in [0.05, 0.1) is 5.69 Å². The first-order valence-electron chi connectivity index (χ1n) is 6.70. The first-order chi connectivity index (χ1) is 10.4. The molecule has 3 aromatic rings. The number of aryl methyl sites for hydroxylation is 1. The summed E-state index contributed by atoms with van der Waals surface area (Å²) in [6, 6.07) is 13.0. The Balaban J connectivity index is 2.19.